The zero-order chi connectivity index (χ0) is 7.56. The first kappa shape index (κ1) is 7.21. The number of carbonyl (C=O) groups is 1. The smallest absolute Gasteiger partial charge is 0.338 e. The first-order chi connectivity index (χ1) is 4.74. The molecule has 0 N–H and O–H groups in total. The predicted octanol–water partition coefficient (Wildman–Crippen LogP) is 1.67. The highest BCUT2D eigenvalue weighted by molar-refractivity contribution is 7.08. The van der Waals surface area contributed by atoms with Crippen LogP contribution in [0.25, 0.3) is 0 Å². The number of rotatable bonds is 1. The second-order valence-electron chi connectivity index (χ2n) is 1.63. The molecule has 0 saturated carbocycles. The highest BCUT2D eigenvalue weighted by atomic mass is 32.1. The summed E-state index contributed by atoms with van der Waals surface area (Å²) >= 11 is 0.881. The molecule has 0 saturated heterocycles. The summed E-state index contributed by atoms with van der Waals surface area (Å²) in [6.07, 6.45) is 0. The van der Waals surface area contributed by atoms with Gasteiger partial charge in [0.1, 0.15) is 0 Å². The molecule has 0 bridgehead atoms. The zero-order valence-electron chi connectivity index (χ0n) is 5.26. The topological polar surface area (TPSA) is 26.3 Å². The average Bonchev–Trinajstić information content (AvgIpc) is 2.34. The second-order valence-corrected chi connectivity index (χ2v) is 2.49. The maximum absolute atomic E-state index is 12.2. The largest absolute Gasteiger partial charge is 0.465 e. The van der Waals surface area contributed by atoms with Crippen molar-refractivity contribution >= 4 is 17.3 Å². The number of carbonyl (C=O) groups excluding carboxylic acids is 1. The van der Waals surface area contributed by atoms with E-state index in [4.69, 9.17) is 0 Å². The van der Waals surface area contributed by atoms with Gasteiger partial charge in [-0.25, -0.2) is 4.79 Å². The van der Waals surface area contributed by atoms with Crippen LogP contribution in [-0.2, 0) is 4.74 Å². The number of esters is 1. The molecule has 54 valence electrons. The lowest BCUT2D eigenvalue weighted by Crippen LogP contribution is -1.97. The van der Waals surface area contributed by atoms with E-state index in [0.29, 0.717) is 0 Å². The minimum atomic E-state index is -0.500. The lowest BCUT2D eigenvalue weighted by molar-refractivity contribution is 0.0601. The van der Waals surface area contributed by atoms with Crippen LogP contribution in [0.2, 0.25) is 0 Å². The summed E-state index contributed by atoms with van der Waals surface area (Å²) < 4.78 is 16.6. The summed E-state index contributed by atoms with van der Waals surface area (Å²) in [5.74, 6) is -0.500. The molecule has 0 aromatic carbocycles. The van der Waals surface area contributed by atoms with Crippen molar-refractivity contribution in [2.75, 3.05) is 7.11 Å². The standard InChI is InChI=1S/C6H5FO2S/c1-9-6(8)4-2-5(7)10-3-4/h2-3H,1H3. The van der Waals surface area contributed by atoms with Crippen LogP contribution >= 0.6 is 11.3 Å². The Bertz CT molecular complexity index is 244. The molecule has 0 spiro atoms. The van der Waals surface area contributed by atoms with Crippen molar-refractivity contribution in [3.8, 4) is 0 Å². The van der Waals surface area contributed by atoms with Gasteiger partial charge < -0.3 is 4.74 Å². The molecular formula is C6H5FO2S. The molecule has 1 rings (SSSR count). The summed E-state index contributed by atoms with van der Waals surface area (Å²) in [6, 6.07) is 1.15. The molecule has 0 atom stereocenters. The minimum Gasteiger partial charge on any atom is -0.465 e. The molecule has 4 heteroatoms. The van der Waals surface area contributed by atoms with Crippen LogP contribution < -0.4 is 0 Å². The number of methoxy groups -OCH3 is 1. The van der Waals surface area contributed by atoms with E-state index in [9.17, 15) is 9.18 Å². The fourth-order valence-electron chi connectivity index (χ4n) is 0.535. The van der Waals surface area contributed by atoms with Crippen LogP contribution in [0.15, 0.2) is 11.4 Å². The van der Waals surface area contributed by atoms with Crippen molar-refractivity contribution in [3.05, 3.63) is 22.1 Å². The zero-order valence-corrected chi connectivity index (χ0v) is 6.07. The highest BCUT2D eigenvalue weighted by Crippen LogP contribution is 2.12. The van der Waals surface area contributed by atoms with Crippen molar-refractivity contribution in [1.82, 2.24) is 0 Å². The van der Waals surface area contributed by atoms with Crippen molar-refractivity contribution in [1.29, 1.82) is 0 Å². The molecule has 0 radical (unpaired) electrons. The fourth-order valence-corrected chi connectivity index (χ4v) is 1.13. The van der Waals surface area contributed by atoms with Crippen LogP contribution in [-0.4, -0.2) is 13.1 Å². The van der Waals surface area contributed by atoms with Crippen LogP contribution in [0.1, 0.15) is 10.4 Å². The molecule has 1 aromatic heterocycles. The van der Waals surface area contributed by atoms with E-state index in [1.807, 2.05) is 0 Å². The number of thiophene rings is 1. The molecule has 1 heterocycles. The Labute approximate surface area is 61.2 Å². The monoisotopic (exact) mass is 160 g/mol. The summed E-state index contributed by atoms with van der Waals surface area (Å²) in [6.45, 7) is 0. The molecule has 0 fully saturated rings. The molecule has 0 amide bonds. The molecule has 0 aliphatic heterocycles. The Balaban J connectivity index is 2.85. The first-order valence-corrected chi connectivity index (χ1v) is 3.44. The molecule has 0 aliphatic rings. The number of ether oxygens (including phenoxy) is 1. The maximum Gasteiger partial charge on any atom is 0.338 e. The Morgan fingerprint density at radius 2 is 2.50 bits per heavy atom. The van der Waals surface area contributed by atoms with E-state index in [1.165, 1.54) is 12.5 Å². The van der Waals surface area contributed by atoms with Gasteiger partial charge in [-0.2, -0.15) is 4.39 Å². The van der Waals surface area contributed by atoms with Crippen LogP contribution in [0.3, 0.4) is 0 Å². The van der Waals surface area contributed by atoms with Crippen molar-refractivity contribution in [2.45, 2.75) is 0 Å². The molecular weight excluding hydrogens is 155 g/mol. The van der Waals surface area contributed by atoms with Gasteiger partial charge in [0.05, 0.1) is 12.7 Å². The Kier molecular flexibility index (Phi) is 2.01. The van der Waals surface area contributed by atoms with Crippen molar-refractivity contribution in [3.63, 3.8) is 0 Å². The number of hydrogen-bond donors (Lipinski definition) is 0. The number of halogens is 1. The third-order valence-electron chi connectivity index (χ3n) is 0.989. The lowest BCUT2D eigenvalue weighted by Gasteiger charge is -1.90. The van der Waals surface area contributed by atoms with Gasteiger partial charge in [-0.1, -0.05) is 0 Å². The van der Waals surface area contributed by atoms with Gasteiger partial charge in [-0.15, -0.1) is 11.3 Å². The second kappa shape index (κ2) is 2.79. The fraction of sp³-hybridized carbons (Fsp3) is 0.167. The molecule has 0 aliphatic carbocycles. The van der Waals surface area contributed by atoms with Gasteiger partial charge in [0, 0.05) is 5.38 Å². The molecule has 10 heavy (non-hydrogen) atoms. The van der Waals surface area contributed by atoms with Gasteiger partial charge in [0.25, 0.3) is 0 Å². The van der Waals surface area contributed by atoms with Crippen molar-refractivity contribution in [2.24, 2.45) is 0 Å². The van der Waals surface area contributed by atoms with Gasteiger partial charge in [0.2, 0.25) is 0 Å². The highest BCUT2D eigenvalue weighted by Gasteiger charge is 2.06. The molecule has 0 unspecified atom stereocenters. The Morgan fingerprint density at radius 3 is 2.90 bits per heavy atom. The first-order valence-electron chi connectivity index (χ1n) is 2.56. The van der Waals surface area contributed by atoms with Crippen molar-refractivity contribution < 1.29 is 13.9 Å². The maximum atomic E-state index is 12.2. The van der Waals surface area contributed by atoms with Gasteiger partial charge in [0.15, 0.2) is 5.13 Å². The third-order valence-corrected chi connectivity index (χ3v) is 1.70. The summed E-state index contributed by atoms with van der Waals surface area (Å²) in [5.41, 5.74) is 0.269. The van der Waals surface area contributed by atoms with Crippen LogP contribution in [0.5, 0.6) is 0 Å². The van der Waals surface area contributed by atoms with Gasteiger partial charge in [-0.3, -0.25) is 0 Å². The molecule has 2 nitrogen and oxygen atoms in total. The molecule has 1 aromatic rings. The van der Waals surface area contributed by atoms with E-state index >= 15 is 0 Å². The normalized spacial score (nSPS) is 9.40. The predicted molar refractivity (Wildman–Crippen MR) is 35.6 cm³/mol. The summed E-state index contributed by atoms with van der Waals surface area (Å²) in [7, 11) is 1.26. The summed E-state index contributed by atoms with van der Waals surface area (Å²) in [4.78, 5) is 10.6. The van der Waals surface area contributed by atoms with E-state index in [-0.39, 0.29) is 10.7 Å². The minimum absolute atomic E-state index is 0.269. The SMILES string of the molecule is COC(=O)c1csc(F)c1. The average molecular weight is 160 g/mol. The van der Waals surface area contributed by atoms with E-state index in [0.717, 1.165) is 17.4 Å². The summed E-state index contributed by atoms with van der Waals surface area (Å²) in [5, 5.41) is 1.04. The van der Waals surface area contributed by atoms with E-state index in [2.05, 4.69) is 4.74 Å². The lowest BCUT2D eigenvalue weighted by atomic mass is 10.3. The number of hydrogen-bond acceptors (Lipinski definition) is 3. The van der Waals surface area contributed by atoms with Gasteiger partial charge >= 0.3 is 5.97 Å². The van der Waals surface area contributed by atoms with E-state index in [1.54, 1.807) is 0 Å². The quantitative estimate of drug-likeness (QED) is 0.584. The van der Waals surface area contributed by atoms with Crippen LogP contribution in [0, 0.1) is 5.13 Å². The van der Waals surface area contributed by atoms with E-state index < -0.39 is 5.97 Å². The Morgan fingerprint density at radius 1 is 1.80 bits per heavy atom. The third kappa shape index (κ3) is 1.33. The Hall–Kier alpha value is -0.900. The van der Waals surface area contributed by atoms with Crippen LogP contribution in [0.4, 0.5) is 4.39 Å². The van der Waals surface area contributed by atoms with Gasteiger partial charge in [-0.05, 0) is 6.07 Å².